The highest BCUT2D eigenvalue weighted by atomic mass is 16.2. The Bertz CT molecular complexity index is 265. The van der Waals surface area contributed by atoms with Crippen LogP contribution in [0.2, 0.25) is 0 Å². The van der Waals surface area contributed by atoms with Crippen molar-refractivity contribution in [2.75, 3.05) is 33.7 Å². The quantitative estimate of drug-likeness (QED) is 0.823. The van der Waals surface area contributed by atoms with Crippen molar-refractivity contribution in [1.82, 2.24) is 15.1 Å². The van der Waals surface area contributed by atoms with Crippen molar-refractivity contribution in [3.05, 3.63) is 0 Å². The predicted molar refractivity (Wildman–Crippen MR) is 75.7 cm³/mol. The summed E-state index contributed by atoms with van der Waals surface area (Å²) in [6.07, 6.45) is 2.80. The molecule has 0 aliphatic carbocycles. The summed E-state index contributed by atoms with van der Waals surface area (Å²) in [5.74, 6) is 0.265. The van der Waals surface area contributed by atoms with Gasteiger partial charge in [0.1, 0.15) is 0 Å². The molecule has 1 aliphatic rings. The minimum Gasteiger partial charge on any atom is -0.343 e. The standard InChI is InChI=1S/C14H29N3O/c1-14(2,3)15-9-6-13(18)17(5)12-7-10-16(4)11-8-12/h12,15H,6-11H2,1-5H3. The maximum Gasteiger partial charge on any atom is 0.223 e. The summed E-state index contributed by atoms with van der Waals surface area (Å²) in [5.41, 5.74) is 0.0897. The largest absolute Gasteiger partial charge is 0.343 e. The van der Waals surface area contributed by atoms with Gasteiger partial charge in [0.2, 0.25) is 5.91 Å². The lowest BCUT2D eigenvalue weighted by molar-refractivity contribution is -0.132. The van der Waals surface area contributed by atoms with Crippen molar-refractivity contribution < 1.29 is 4.79 Å². The molecule has 18 heavy (non-hydrogen) atoms. The van der Waals surface area contributed by atoms with Crippen LogP contribution in [0.15, 0.2) is 0 Å². The lowest BCUT2D eigenvalue weighted by Crippen LogP contribution is -2.45. The Morgan fingerprint density at radius 3 is 2.39 bits per heavy atom. The van der Waals surface area contributed by atoms with Crippen LogP contribution >= 0.6 is 0 Å². The summed E-state index contributed by atoms with van der Waals surface area (Å²) in [6, 6.07) is 0.434. The summed E-state index contributed by atoms with van der Waals surface area (Å²) in [7, 11) is 4.10. The van der Waals surface area contributed by atoms with Gasteiger partial charge in [-0.25, -0.2) is 0 Å². The van der Waals surface area contributed by atoms with Gasteiger partial charge in [-0.1, -0.05) is 0 Å². The first-order valence-corrected chi connectivity index (χ1v) is 6.99. The highest BCUT2D eigenvalue weighted by Crippen LogP contribution is 2.14. The lowest BCUT2D eigenvalue weighted by atomic mass is 10.0. The second-order valence-electron chi connectivity index (χ2n) is 6.47. The molecule has 1 rings (SSSR count). The van der Waals surface area contributed by atoms with Crippen LogP contribution in [0.5, 0.6) is 0 Å². The van der Waals surface area contributed by atoms with Gasteiger partial charge in [0.05, 0.1) is 0 Å². The van der Waals surface area contributed by atoms with Crippen LogP contribution < -0.4 is 5.32 Å². The zero-order valence-corrected chi connectivity index (χ0v) is 12.6. The number of amides is 1. The van der Waals surface area contributed by atoms with Crippen LogP contribution in [0, 0.1) is 0 Å². The van der Waals surface area contributed by atoms with Crippen molar-refractivity contribution in [1.29, 1.82) is 0 Å². The van der Waals surface area contributed by atoms with Crippen LogP contribution in [0.3, 0.4) is 0 Å². The average molecular weight is 255 g/mol. The number of likely N-dealkylation sites (tertiary alicyclic amines) is 1. The molecule has 4 nitrogen and oxygen atoms in total. The number of rotatable bonds is 4. The van der Waals surface area contributed by atoms with E-state index < -0.39 is 0 Å². The molecule has 0 bridgehead atoms. The molecule has 1 fully saturated rings. The first-order chi connectivity index (χ1) is 8.29. The molecule has 0 aromatic heterocycles. The Hall–Kier alpha value is -0.610. The fourth-order valence-corrected chi connectivity index (χ4v) is 2.31. The summed E-state index contributed by atoms with van der Waals surface area (Å²) in [5, 5.41) is 3.36. The molecule has 0 saturated carbocycles. The molecule has 106 valence electrons. The SMILES string of the molecule is CN1CCC(N(C)C(=O)CCNC(C)(C)C)CC1. The van der Waals surface area contributed by atoms with E-state index in [1.54, 1.807) is 0 Å². The Morgan fingerprint density at radius 1 is 1.33 bits per heavy atom. The van der Waals surface area contributed by atoms with Gasteiger partial charge in [-0.05, 0) is 53.8 Å². The van der Waals surface area contributed by atoms with E-state index in [0.717, 1.165) is 32.5 Å². The van der Waals surface area contributed by atoms with Crippen molar-refractivity contribution in [2.45, 2.75) is 51.6 Å². The Labute approximate surface area is 112 Å². The minimum atomic E-state index is 0.0897. The van der Waals surface area contributed by atoms with E-state index in [9.17, 15) is 4.79 Å². The molecule has 1 amide bonds. The zero-order valence-electron chi connectivity index (χ0n) is 12.6. The molecule has 0 aromatic rings. The summed E-state index contributed by atoms with van der Waals surface area (Å²) in [6.45, 7) is 9.33. The summed E-state index contributed by atoms with van der Waals surface area (Å²) >= 11 is 0. The van der Waals surface area contributed by atoms with Crippen LogP contribution in [0.1, 0.15) is 40.0 Å². The lowest BCUT2D eigenvalue weighted by Gasteiger charge is -2.35. The third-order valence-electron chi connectivity index (χ3n) is 3.62. The Kier molecular flexibility index (Phi) is 5.60. The molecule has 4 heteroatoms. The Balaban J connectivity index is 2.28. The van der Waals surface area contributed by atoms with Crippen LogP contribution in [-0.2, 0) is 4.79 Å². The molecule has 1 heterocycles. The minimum absolute atomic E-state index is 0.0897. The van der Waals surface area contributed by atoms with E-state index in [4.69, 9.17) is 0 Å². The molecule has 1 N–H and O–H groups in total. The number of hydrogen-bond acceptors (Lipinski definition) is 3. The molecular weight excluding hydrogens is 226 g/mol. The zero-order chi connectivity index (χ0) is 13.8. The monoisotopic (exact) mass is 255 g/mol. The van der Waals surface area contributed by atoms with Crippen molar-refractivity contribution in [2.24, 2.45) is 0 Å². The highest BCUT2D eigenvalue weighted by molar-refractivity contribution is 5.76. The van der Waals surface area contributed by atoms with E-state index >= 15 is 0 Å². The molecule has 1 aliphatic heterocycles. The topological polar surface area (TPSA) is 35.6 Å². The normalized spacial score (nSPS) is 18.9. The number of nitrogens with zero attached hydrogens (tertiary/aromatic N) is 2. The fourth-order valence-electron chi connectivity index (χ4n) is 2.31. The molecule has 0 aromatic carbocycles. The number of nitrogens with one attached hydrogen (secondary N) is 1. The smallest absolute Gasteiger partial charge is 0.223 e. The highest BCUT2D eigenvalue weighted by Gasteiger charge is 2.23. The van der Waals surface area contributed by atoms with Crippen LogP contribution in [0.4, 0.5) is 0 Å². The first kappa shape index (κ1) is 15.4. The van der Waals surface area contributed by atoms with E-state index in [1.165, 1.54) is 0 Å². The molecule has 0 atom stereocenters. The second kappa shape index (κ2) is 6.53. The van der Waals surface area contributed by atoms with Crippen molar-refractivity contribution in [3.8, 4) is 0 Å². The maximum atomic E-state index is 12.1. The third kappa shape index (κ3) is 5.36. The first-order valence-electron chi connectivity index (χ1n) is 6.99. The van der Waals surface area contributed by atoms with E-state index in [-0.39, 0.29) is 11.4 Å². The molecule has 0 radical (unpaired) electrons. The predicted octanol–water partition coefficient (Wildman–Crippen LogP) is 1.32. The van der Waals surface area contributed by atoms with Gasteiger partial charge < -0.3 is 15.1 Å². The Morgan fingerprint density at radius 2 is 1.89 bits per heavy atom. The van der Waals surface area contributed by atoms with Gasteiger partial charge in [-0.3, -0.25) is 4.79 Å². The van der Waals surface area contributed by atoms with E-state index in [1.807, 2.05) is 11.9 Å². The number of hydrogen-bond donors (Lipinski definition) is 1. The molecule has 1 saturated heterocycles. The number of carbonyl (C=O) groups excluding carboxylic acids is 1. The average Bonchev–Trinajstić information content (AvgIpc) is 2.27. The molecular formula is C14H29N3O. The summed E-state index contributed by atoms with van der Waals surface area (Å²) < 4.78 is 0. The van der Waals surface area contributed by atoms with Gasteiger partial charge in [0, 0.05) is 31.6 Å². The van der Waals surface area contributed by atoms with E-state index in [0.29, 0.717) is 12.5 Å². The van der Waals surface area contributed by atoms with E-state index in [2.05, 4.69) is 38.0 Å². The van der Waals surface area contributed by atoms with Gasteiger partial charge >= 0.3 is 0 Å². The van der Waals surface area contributed by atoms with Crippen LogP contribution in [0.25, 0.3) is 0 Å². The number of piperidine rings is 1. The molecule has 0 spiro atoms. The van der Waals surface area contributed by atoms with Gasteiger partial charge in [0.25, 0.3) is 0 Å². The van der Waals surface area contributed by atoms with Crippen molar-refractivity contribution in [3.63, 3.8) is 0 Å². The fraction of sp³-hybridized carbons (Fsp3) is 0.929. The van der Waals surface area contributed by atoms with Crippen molar-refractivity contribution >= 4 is 5.91 Å². The summed E-state index contributed by atoms with van der Waals surface area (Å²) in [4.78, 5) is 16.4. The van der Waals surface area contributed by atoms with Gasteiger partial charge in [-0.15, -0.1) is 0 Å². The maximum absolute atomic E-state index is 12.1. The van der Waals surface area contributed by atoms with Crippen LogP contribution in [-0.4, -0.2) is 61.0 Å². The number of carbonyl (C=O) groups is 1. The second-order valence-corrected chi connectivity index (χ2v) is 6.47. The van der Waals surface area contributed by atoms with Gasteiger partial charge in [-0.2, -0.15) is 0 Å². The molecule has 0 unspecified atom stereocenters. The van der Waals surface area contributed by atoms with Gasteiger partial charge in [0.15, 0.2) is 0 Å². The third-order valence-corrected chi connectivity index (χ3v) is 3.62.